The van der Waals surface area contributed by atoms with Crippen molar-refractivity contribution in [2.24, 2.45) is 5.92 Å². The Bertz CT molecular complexity index is 1010. The average molecular weight is 413 g/mol. The largest absolute Gasteiger partial charge is 0.751 e. The first-order valence-corrected chi connectivity index (χ1v) is 10.1. The molecule has 1 aromatic carbocycles. The van der Waals surface area contributed by atoms with Crippen molar-refractivity contribution in [1.82, 2.24) is 20.2 Å². The van der Waals surface area contributed by atoms with Gasteiger partial charge in [-0.3, -0.25) is 9.59 Å². The number of nitrogens with one attached hydrogen (secondary N) is 1. The lowest BCUT2D eigenvalue weighted by Gasteiger charge is -2.48. The van der Waals surface area contributed by atoms with E-state index in [0.29, 0.717) is 12.5 Å². The molecule has 0 spiro atoms. The van der Waals surface area contributed by atoms with E-state index in [-0.39, 0.29) is 46.5 Å². The van der Waals surface area contributed by atoms with E-state index in [1.807, 2.05) is 4.90 Å². The smallest absolute Gasteiger partial charge is 0.270 e. The number of fused-ring (bicyclic) bond motifs is 6. The van der Waals surface area contributed by atoms with Crippen molar-refractivity contribution in [2.75, 3.05) is 6.54 Å². The van der Waals surface area contributed by atoms with E-state index in [0.717, 1.165) is 24.8 Å². The zero-order chi connectivity index (χ0) is 21.2. The Hall–Kier alpha value is -3.07. The third-order valence-corrected chi connectivity index (χ3v) is 6.63. The first-order chi connectivity index (χ1) is 14.3. The Morgan fingerprint density at radius 1 is 1.37 bits per heavy atom. The Balaban J connectivity index is 1.39. The van der Waals surface area contributed by atoms with Gasteiger partial charge in [0.15, 0.2) is 5.70 Å². The number of benzene rings is 1. The molecule has 0 unspecified atom stereocenters. The van der Waals surface area contributed by atoms with Gasteiger partial charge in [-0.05, 0) is 43.7 Å². The molecule has 3 atom stereocenters. The zero-order valence-corrected chi connectivity index (χ0v) is 16.5. The minimum absolute atomic E-state index is 0.00244. The second kappa shape index (κ2) is 6.73. The molecular formula is C21H22FN4O4-. The molecule has 2 fully saturated rings. The highest BCUT2D eigenvalue weighted by molar-refractivity contribution is 6.04. The fourth-order valence-electron chi connectivity index (χ4n) is 5.16. The summed E-state index contributed by atoms with van der Waals surface area (Å²) in [7, 11) is 0. The molecule has 1 aromatic rings. The number of aryl methyl sites for hydroxylation is 1. The molecule has 2 N–H and O–H groups in total. The van der Waals surface area contributed by atoms with Gasteiger partial charge in [-0.1, -0.05) is 12.1 Å². The molecule has 3 aliphatic heterocycles. The number of hydrogen-bond acceptors (Lipinski definition) is 6. The molecule has 2 amide bonds. The highest BCUT2D eigenvalue weighted by Gasteiger charge is 2.52. The number of carbonyl (C=O) groups is 2. The van der Waals surface area contributed by atoms with Crippen LogP contribution in [0.4, 0.5) is 4.39 Å². The summed E-state index contributed by atoms with van der Waals surface area (Å²) in [6.07, 6.45) is 4.31. The van der Waals surface area contributed by atoms with Gasteiger partial charge in [0.05, 0.1) is 6.04 Å². The van der Waals surface area contributed by atoms with Crippen LogP contribution in [-0.2, 0) is 16.1 Å². The van der Waals surface area contributed by atoms with E-state index in [9.17, 15) is 24.3 Å². The van der Waals surface area contributed by atoms with Crippen molar-refractivity contribution < 1.29 is 19.1 Å². The van der Waals surface area contributed by atoms with Crippen LogP contribution in [0.1, 0.15) is 30.4 Å². The number of hydrogen-bond donors (Lipinski definition) is 2. The van der Waals surface area contributed by atoms with Gasteiger partial charge in [0, 0.05) is 30.9 Å². The minimum Gasteiger partial charge on any atom is -0.751 e. The topological polar surface area (TPSA) is 99.2 Å². The molecule has 1 aliphatic carbocycles. The first kappa shape index (κ1) is 18.9. The molecule has 0 radical (unpaired) electrons. The monoisotopic (exact) mass is 413 g/mol. The number of halogens is 1. The molecule has 30 heavy (non-hydrogen) atoms. The lowest BCUT2D eigenvalue weighted by Crippen LogP contribution is -2.55. The van der Waals surface area contributed by atoms with Crippen molar-refractivity contribution in [3.8, 4) is 0 Å². The molecule has 158 valence electrons. The summed E-state index contributed by atoms with van der Waals surface area (Å²) < 4.78 is 14.0. The highest BCUT2D eigenvalue weighted by Crippen LogP contribution is 2.47. The van der Waals surface area contributed by atoms with Crippen LogP contribution >= 0.6 is 0 Å². The van der Waals surface area contributed by atoms with Gasteiger partial charge in [0.1, 0.15) is 11.5 Å². The van der Waals surface area contributed by atoms with Gasteiger partial charge >= 0.3 is 0 Å². The van der Waals surface area contributed by atoms with Crippen molar-refractivity contribution in [1.29, 1.82) is 0 Å². The maximum atomic E-state index is 14.0. The SMILES string of the molecule is Cc1ccc(CNC(=O)C2=CN3C[C@@H]4[C@H]5CC[C@H](C5)N4C(O)=C3C(=O)N2[O-])c(F)c1. The maximum absolute atomic E-state index is 14.0. The number of amides is 2. The number of carbonyl (C=O) groups excluding carboxylic acids is 2. The molecule has 8 nitrogen and oxygen atoms in total. The normalized spacial score (nSPS) is 27.3. The Morgan fingerprint density at radius 3 is 2.93 bits per heavy atom. The van der Waals surface area contributed by atoms with E-state index in [1.54, 1.807) is 19.1 Å². The van der Waals surface area contributed by atoms with Crippen molar-refractivity contribution in [2.45, 2.75) is 44.8 Å². The predicted octanol–water partition coefficient (Wildman–Crippen LogP) is 1.83. The van der Waals surface area contributed by atoms with Crippen LogP contribution in [0.15, 0.2) is 41.7 Å². The van der Waals surface area contributed by atoms with Gasteiger partial charge < -0.3 is 30.5 Å². The average Bonchev–Trinajstić information content (AvgIpc) is 3.32. The third kappa shape index (κ3) is 2.76. The molecule has 3 heterocycles. The molecule has 0 aromatic heterocycles. The van der Waals surface area contributed by atoms with Gasteiger partial charge in [-0.15, -0.1) is 0 Å². The predicted molar refractivity (Wildman–Crippen MR) is 104 cm³/mol. The second-order valence-corrected chi connectivity index (χ2v) is 8.42. The summed E-state index contributed by atoms with van der Waals surface area (Å²) in [5.41, 5.74) is 0.575. The number of aliphatic hydroxyl groups excluding tert-OH is 1. The molecule has 1 saturated heterocycles. The lowest BCUT2D eigenvalue weighted by atomic mass is 9.96. The second-order valence-electron chi connectivity index (χ2n) is 8.42. The number of hydroxylamine groups is 2. The summed E-state index contributed by atoms with van der Waals surface area (Å²) in [6.45, 7) is 2.08. The number of nitrogens with zero attached hydrogens (tertiary/aromatic N) is 3. The molecule has 4 aliphatic rings. The molecule has 1 saturated carbocycles. The fourth-order valence-corrected chi connectivity index (χ4v) is 5.16. The van der Waals surface area contributed by atoms with Gasteiger partial charge in [-0.25, -0.2) is 4.39 Å². The lowest BCUT2D eigenvalue weighted by molar-refractivity contribution is -0.130. The van der Waals surface area contributed by atoms with Gasteiger partial charge in [0.25, 0.3) is 11.8 Å². The van der Waals surface area contributed by atoms with E-state index >= 15 is 0 Å². The Kier molecular flexibility index (Phi) is 4.25. The minimum atomic E-state index is -0.970. The molecule has 9 heteroatoms. The van der Waals surface area contributed by atoms with Crippen LogP contribution in [0.3, 0.4) is 0 Å². The Morgan fingerprint density at radius 2 is 2.17 bits per heavy atom. The molecule has 5 rings (SSSR count). The van der Waals surface area contributed by atoms with Crippen LogP contribution in [0.5, 0.6) is 0 Å². The maximum Gasteiger partial charge on any atom is 0.270 e. The number of rotatable bonds is 3. The summed E-state index contributed by atoms with van der Waals surface area (Å²) in [5, 5.41) is 25.7. The fraction of sp³-hybridized carbons (Fsp3) is 0.429. The highest BCUT2D eigenvalue weighted by atomic mass is 19.1. The van der Waals surface area contributed by atoms with Crippen LogP contribution in [0.25, 0.3) is 0 Å². The Labute approximate surface area is 172 Å². The van der Waals surface area contributed by atoms with Crippen LogP contribution < -0.4 is 5.32 Å². The van der Waals surface area contributed by atoms with Crippen LogP contribution in [0.2, 0.25) is 0 Å². The quantitative estimate of drug-likeness (QED) is 0.785. The van der Waals surface area contributed by atoms with Crippen LogP contribution in [0, 0.1) is 23.9 Å². The van der Waals surface area contributed by atoms with Gasteiger partial charge in [0.2, 0.25) is 5.88 Å². The van der Waals surface area contributed by atoms with Crippen molar-refractivity contribution in [3.63, 3.8) is 0 Å². The standard InChI is InChI=1S/C21H22FN4O4/c1-11-2-3-13(15(22)6-11)8-23-19(27)17-10-24-9-16-12-4-5-14(7-12)25(16)20(28)18(24)21(29)26(17)30/h2-3,6,10,12,14,16,28H,4-5,7-9H2,1H3,(H,23,27)/q-1/t12-,14+,16+/m0/s1. The first-order valence-electron chi connectivity index (χ1n) is 10.1. The summed E-state index contributed by atoms with van der Waals surface area (Å²) in [5.74, 6) is -1.95. The van der Waals surface area contributed by atoms with Crippen LogP contribution in [-0.4, -0.2) is 50.4 Å². The van der Waals surface area contributed by atoms with Crippen molar-refractivity contribution >= 4 is 11.8 Å². The van der Waals surface area contributed by atoms with E-state index in [4.69, 9.17) is 0 Å². The zero-order valence-electron chi connectivity index (χ0n) is 16.5. The van der Waals surface area contributed by atoms with E-state index < -0.39 is 17.6 Å². The third-order valence-electron chi connectivity index (χ3n) is 6.63. The summed E-state index contributed by atoms with van der Waals surface area (Å²) in [4.78, 5) is 28.7. The van der Waals surface area contributed by atoms with E-state index in [2.05, 4.69) is 5.32 Å². The van der Waals surface area contributed by atoms with Gasteiger partial charge in [-0.2, -0.15) is 0 Å². The molecular weight excluding hydrogens is 391 g/mol. The van der Waals surface area contributed by atoms with E-state index in [1.165, 1.54) is 17.2 Å². The molecule has 2 bridgehead atoms. The van der Waals surface area contributed by atoms with Crippen molar-refractivity contribution in [3.05, 3.63) is 63.8 Å². The number of piperidine rings is 1. The summed E-state index contributed by atoms with van der Waals surface area (Å²) in [6, 6.07) is 4.90. The number of aliphatic hydroxyl groups is 1. The summed E-state index contributed by atoms with van der Waals surface area (Å²) >= 11 is 0.